The lowest BCUT2D eigenvalue weighted by Gasteiger charge is -2.07. The Bertz CT molecular complexity index is 494. The van der Waals surface area contributed by atoms with Crippen LogP contribution in [0.25, 0.3) is 10.8 Å². The van der Waals surface area contributed by atoms with Crippen LogP contribution < -0.4 is 0 Å². The van der Waals surface area contributed by atoms with E-state index in [1.165, 1.54) is 0 Å². The van der Waals surface area contributed by atoms with Gasteiger partial charge in [0.05, 0.1) is 12.2 Å². The third kappa shape index (κ3) is 2.31. The molecule has 4 heteroatoms. The Balaban J connectivity index is 0.00000128. The van der Waals surface area contributed by atoms with Crippen molar-refractivity contribution in [1.29, 1.82) is 5.41 Å². The summed E-state index contributed by atoms with van der Waals surface area (Å²) in [5.41, 5.74) is 0.745. The molecule has 0 amide bonds. The van der Waals surface area contributed by atoms with Crippen LogP contribution in [0.1, 0.15) is 12.5 Å². The van der Waals surface area contributed by atoms with Crippen LogP contribution in [0, 0.1) is 5.41 Å². The van der Waals surface area contributed by atoms with Gasteiger partial charge in [0, 0.05) is 17.8 Å². The van der Waals surface area contributed by atoms with Crippen LogP contribution in [-0.2, 0) is 4.74 Å². The van der Waals surface area contributed by atoms with E-state index in [4.69, 9.17) is 10.1 Å². The van der Waals surface area contributed by atoms with Crippen molar-refractivity contribution in [1.82, 2.24) is 4.98 Å². The van der Waals surface area contributed by atoms with Crippen LogP contribution in [0.15, 0.2) is 36.7 Å². The topological polar surface area (TPSA) is 46.0 Å². The second-order valence-corrected chi connectivity index (χ2v) is 3.17. The number of halogens is 1. The van der Waals surface area contributed by atoms with Crippen molar-refractivity contribution in [2.45, 2.75) is 6.92 Å². The summed E-state index contributed by atoms with van der Waals surface area (Å²) in [7, 11) is 0. The zero-order chi connectivity index (χ0) is 10.7. The largest absolute Gasteiger partial charge is 0.478 e. The summed E-state index contributed by atoms with van der Waals surface area (Å²) >= 11 is 0. The molecular formula is C12H13ClN2O. The Kier molecular flexibility index (Phi) is 4.26. The van der Waals surface area contributed by atoms with Gasteiger partial charge in [0.15, 0.2) is 0 Å². The molecule has 84 valence electrons. The van der Waals surface area contributed by atoms with Gasteiger partial charge >= 0.3 is 0 Å². The van der Waals surface area contributed by atoms with E-state index >= 15 is 0 Å². The van der Waals surface area contributed by atoms with E-state index < -0.39 is 0 Å². The lowest BCUT2D eigenvalue weighted by Crippen LogP contribution is -2.05. The van der Waals surface area contributed by atoms with Crippen LogP contribution in [0.4, 0.5) is 0 Å². The van der Waals surface area contributed by atoms with E-state index in [2.05, 4.69) is 4.98 Å². The van der Waals surface area contributed by atoms with Crippen molar-refractivity contribution >= 4 is 29.1 Å². The number of aromatic nitrogens is 1. The molecule has 0 fully saturated rings. The molecule has 0 saturated heterocycles. The van der Waals surface area contributed by atoms with Crippen molar-refractivity contribution in [3.63, 3.8) is 0 Å². The standard InChI is InChI=1S/C12H12N2O.ClH/c1-2-15-12(13)11-8-14-7-9-5-3-4-6-10(9)11;/h3-8,13H,2H2,1H3;1H. The molecule has 0 spiro atoms. The fourth-order valence-corrected chi connectivity index (χ4v) is 1.52. The minimum atomic E-state index is 0. The Morgan fingerprint density at radius 3 is 2.81 bits per heavy atom. The predicted octanol–water partition coefficient (Wildman–Crippen LogP) is 3.02. The molecular weight excluding hydrogens is 224 g/mol. The van der Waals surface area contributed by atoms with Gasteiger partial charge in [-0.05, 0) is 12.3 Å². The second-order valence-electron chi connectivity index (χ2n) is 3.17. The van der Waals surface area contributed by atoms with Crippen LogP contribution in [-0.4, -0.2) is 17.5 Å². The smallest absolute Gasteiger partial charge is 0.215 e. The molecule has 1 heterocycles. The summed E-state index contributed by atoms with van der Waals surface area (Å²) < 4.78 is 5.18. The van der Waals surface area contributed by atoms with Gasteiger partial charge in [-0.1, -0.05) is 24.3 Å². The number of nitrogens with one attached hydrogen (secondary N) is 1. The summed E-state index contributed by atoms with van der Waals surface area (Å²) in [6.45, 7) is 2.37. The van der Waals surface area contributed by atoms with Gasteiger partial charge in [-0.15, -0.1) is 12.4 Å². The lowest BCUT2D eigenvalue weighted by molar-refractivity contribution is 0.326. The highest BCUT2D eigenvalue weighted by Crippen LogP contribution is 2.17. The quantitative estimate of drug-likeness (QED) is 0.644. The molecule has 0 saturated carbocycles. The summed E-state index contributed by atoms with van der Waals surface area (Å²) in [5, 5.41) is 9.78. The highest BCUT2D eigenvalue weighted by molar-refractivity contribution is 6.04. The molecule has 2 aromatic rings. The van der Waals surface area contributed by atoms with Gasteiger partial charge in [-0.2, -0.15) is 0 Å². The van der Waals surface area contributed by atoms with E-state index in [0.717, 1.165) is 16.3 Å². The van der Waals surface area contributed by atoms with Crippen molar-refractivity contribution in [3.05, 3.63) is 42.2 Å². The molecule has 1 N–H and O–H groups in total. The summed E-state index contributed by atoms with van der Waals surface area (Å²) in [4.78, 5) is 4.10. The normalized spacial score (nSPS) is 9.56. The number of hydrogen-bond donors (Lipinski definition) is 1. The van der Waals surface area contributed by atoms with E-state index in [1.54, 1.807) is 12.4 Å². The zero-order valence-corrected chi connectivity index (χ0v) is 9.75. The van der Waals surface area contributed by atoms with Gasteiger partial charge in [0.1, 0.15) is 0 Å². The van der Waals surface area contributed by atoms with E-state index in [1.807, 2.05) is 31.2 Å². The number of hydrogen-bond acceptors (Lipinski definition) is 3. The van der Waals surface area contributed by atoms with Crippen molar-refractivity contribution in [3.8, 4) is 0 Å². The van der Waals surface area contributed by atoms with Gasteiger partial charge < -0.3 is 4.74 Å². The molecule has 16 heavy (non-hydrogen) atoms. The van der Waals surface area contributed by atoms with Crippen LogP contribution in [0.5, 0.6) is 0 Å². The first-order valence-electron chi connectivity index (χ1n) is 4.87. The van der Waals surface area contributed by atoms with Crippen molar-refractivity contribution in [2.24, 2.45) is 0 Å². The molecule has 0 atom stereocenters. The molecule has 0 aliphatic carbocycles. The Labute approximate surface area is 100 Å². The third-order valence-electron chi connectivity index (χ3n) is 2.20. The molecule has 0 aliphatic rings. The van der Waals surface area contributed by atoms with Crippen LogP contribution in [0.3, 0.4) is 0 Å². The summed E-state index contributed by atoms with van der Waals surface area (Å²) in [5.74, 6) is 0.182. The number of fused-ring (bicyclic) bond motifs is 1. The molecule has 0 bridgehead atoms. The maximum atomic E-state index is 7.75. The minimum Gasteiger partial charge on any atom is -0.478 e. The van der Waals surface area contributed by atoms with Crippen molar-refractivity contribution in [2.75, 3.05) is 6.61 Å². The molecule has 1 aromatic heterocycles. The molecule has 0 unspecified atom stereocenters. The summed E-state index contributed by atoms with van der Waals surface area (Å²) in [6, 6.07) is 7.86. The van der Waals surface area contributed by atoms with Crippen molar-refractivity contribution < 1.29 is 4.74 Å². The first kappa shape index (κ1) is 12.5. The SMILES string of the molecule is CCOC(=N)c1cncc2ccccc12.Cl. The lowest BCUT2D eigenvalue weighted by atomic mass is 10.1. The number of rotatable bonds is 2. The molecule has 0 aliphatic heterocycles. The number of ether oxygens (including phenoxy) is 1. The maximum absolute atomic E-state index is 7.75. The Hall–Kier alpha value is -1.61. The van der Waals surface area contributed by atoms with E-state index in [-0.39, 0.29) is 18.3 Å². The average Bonchev–Trinajstić information content (AvgIpc) is 2.28. The number of pyridine rings is 1. The van der Waals surface area contributed by atoms with E-state index in [0.29, 0.717) is 6.61 Å². The molecule has 3 nitrogen and oxygen atoms in total. The highest BCUT2D eigenvalue weighted by Gasteiger charge is 2.06. The number of benzene rings is 1. The molecule has 0 radical (unpaired) electrons. The Morgan fingerprint density at radius 2 is 2.06 bits per heavy atom. The Morgan fingerprint density at radius 1 is 1.31 bits per heavy atom. The first-order valence-corrected chi connectivity index (χ1v) is 4.87. The maximum Gasteiger partial charge on any atom is 0.215 e. The predicted molar refractivity (Wildman–Crippen MR) is 67.4 cm³/mol. The minimum absolute atomic E-state index is 0. The van der Waals surface area contributed by atoms with Crippen LogP contribution >= 0.6 is 12.4 Å². The van der Waals surface area contributed by atoms with Crippen LogP contribution in [0.2, 0.25) is 0 Å². The number of nitrogens with zero attached hydrogens (tertiary/aromatic N) is 1. The zero-order valence-electron chi connectivity index (χ0n) is 8.93. The first-order chi connectivity index (χ1) is 7.33. The summed E-state index contributed by atoms with van der Waals surface area (Å²) in [6.07, 6.45) is 3.46. The fraction of sp³-hybridized carbons (Fsp3) is 0.167. The third-order valence-corrected chi connectivity index (χ3v) is 2.20. The highest BCUT2D eigenvalue weighted by atomic mass is 35.5. The van der Waals surface area contributed by atoms with Gasteiger partial charge in [0.2, 0.25) is 5.90 Å². The average molecular weight is 237 g/mol. The molecule has 2 rings (SSSR count). The monoisotopic (exact) mass is 236 g/mol. The van der Waals surface area contributed by atoms with Gasteiger partial charge in [-0.25, -0.2) is 0 Å². The van der Waals surface area contributed by atoms with Gasteiger partial charge in [0.25, 0.3) is 0 Å². The fourth-order valence-electron chi connectivity index (χ4n) is 1.52. The molecule has 1 aromatic carbocycles. The van der Waals surface area contributed by atoms with E-state index in [9.17, 15) is 0 Å². The second kappa shape index (κ2) is 5.47. The van der Waals surface area contributed by atoms with Gasteiger partial charge in [-0.3, -0.25) is 10.4 Å².